The third kappa shape index (κ3) is 4.34. The minimum Gasteiger partial charge on any atom is -0.355 e. The molecule has 7 heteroatoms. The second-order valence-corrected chi connectivity index (χ2v) is 9.80. The van der Waals surface area contributed by atoms with Crippen LogP contribution in [0, 0.1) is 5.92 Å². The number of carbonyl (C=O) groups excluding carboxylic acids is 1. The van der Waals surface area contributed by atoms with Crippen molar-refractivity contribution >= 4 is 27.3 Å². The molecule has 1 aromatic heterocycles. The summed E-state index contributed by atoms with van der Waals surface area (Å²) in [7, 11) is -3.49. The second kappa shape index (κ2) is 8.33. The second-order valence-electron chi connectivity index (χ2n) is 6.69. The van der Waals surface area contributed by atoms with E-state index < -0.39 is 10.0 Å². The van der Waals surface area contributed by atoms with E-state index in [1.165, 1.54) is 21.2 Å². The summed E-state index contributed by atoms with van der Waals surface area (Å²) in [4.78, 5) is 12.6. The number of benzene rings is 1. The van der Waals surface area contributed by atoms with E-state index in [9.17, 15) is 13.2 Å². The molecule has 0 saturated carbocycles. The molecule has 0 spiro atoms. The van der Waals surface area contributed by atoms with Crippen LogP contribution in [0.25, 0.3) is 0 Å². The van der Waals surface area contributed by atoms with Gasteiger partial charge >= 0.3 is 0 Å². The Morgan fingerprint density at radius 2 is 2.04 bits per heavy atom. The first-order valence-corrected chi connectivity index (χ1v) is 11.2. The van der Waals surface area contributed by atoms with Crippen molar-refractivity contribution in [1.82, 2.24) is 9.62 Å². The van der Waals surface area contributed by atoms with E-state index in [4.69, 9.17) is 0 Å². The van der Waals surface area contributed by atoms with Gasteiger partial charge in [-0.05, 0) is 35.8 Å². The summed E-state index contributed by atoms with van der Waals surface area (Å²) < 4.78 is 27.1. The van der Waals surface area contributed by atoms with E-state index >= 15 is 0 Å². The molecule has 0 bridgehead atoms. The molecule has 2 unspecified atom stereocenters. The zero-order valence-electron chi connectivity index (χ0n) is 14.8. The fourth-order valence-electron chi connectivity index (χ4n) is 3.21. The molecule has 1 aliphatic rings. The average Bonchev–Trinajstić information content (AvgIpc) is 3.22. The van der Waals surface area contributed by atoms with E-state index in [1.807, 2.05) is 30.3 Å². The van der Waals surface area contributed by atoms with Gasteiger partial charge in [-0.15, -0.1) is 11.3 Å². The van der Waals surface area contributed by atoms with Crippen molar-refractivity contribution < 1.29 is 13.2 Å². The first-order chi connectivity index (χ1) is 12.5. The molecule has 140 valence electrons. The van der Waals surface area contributed by atoms with Gasteiger partial charge in [0.25, 0.3) is 10.0 Å². The van der Waals surface area contributed by atoms with Crippen LogP contribution in [0.5, 0.6) is 0 Å². The van der Waals surface area contributed by atoms with Gasteiger partial charge in [-0.1, -0.05) is 43.3 Å². The Kier molecular flexibility index (Phi) is 6.11. The Labute approximate surface area is 159 Å². The monoisotopic (exact) mass is 392 g/mol. The van der Waals surface area contributed by atoms with Gasteiger partial charge in [0.05, 0.1) is 5.92 Å². The molecule has 0 radical (unpaired) electrons. The Bertz CT molecular complexity index is 820. The lowest BCUT2D eigenvalue weighted by Crippen LogP contribution is -2.45. The van der Waals surface area contributed by atoms with Crippen molar-refractivity contribution in [3.05, 3.63) is 53.4 Å². The summed E-state index contributed by atoms with van der Waals surface area (Å²) in [5, 5.41) is 4.76. The highest BCUT2D eigenvalue weighted by atomic mass is 32.2. The van der Waals surface area contributed by atoms with Gasteiger partial charge in [-0.3, -0.25) is 4.79 Å². The molecule has 1 N–H and O–H groups in total. The van der Waals surface area contributed by atoms with Crippen LogP contribution in [0.3, 0.4) is 0 Å². The standard InChI is InChI=1S/C19H24N2O3S2/c1-15(16-7-3-2-4-8-16)13-20-19(22)17-9-5-11-21(14-17)26(23,24)18-10-6-12-25-18/h2-4,6-8,10,12,15,17H,5,9,11,13-14H2,1H3,(H,20,22). The highest BCUT2D eigenvalue weighted by Gasteiger charge is 2.33. The predicted octanol–water partition coefficient (Wildman–Crippen LogP) is 3.07. The number of hydrogen-bond acceptors (Lipinski definition) is 4. The van der Waals surface area contributed by atoms with Crippen LogP contribution < -0.4 is 5.32 Å². The largest absolute Gasteiger partial charge is 0.355 e. The Balaban J connectivity index is 1.58. The average molecular weight is 393 g/mol. The Morgan fingerprint density at radius 1 is 1.27 bits per heavy atom. The number of rotatable bonds is 6. The molecular weight excluding hydrogens is 368 g/mol. The topological polar surface area (TPSA) is 66.5 Å². The molecule has 2 aromatic rings. The molecule has 1 saturated heterocycles. The zero-order valence-corrected chi connectivity index (χ0v) is 16.4. The summed E-state index contributed by atoms with van der Waals surface area (Å²) in [6.45, 7) is 3.36. The van der Waals surface area contributed by atoms with Gasteiger partial charge in [0, 0.05) is 19.6 Å². The third-order valence-corrected chi connectivity index (χ3v) is 8.03. The van der Waals surface area contributed by atoms with E-state index in [-0.39, 0.29) is 24.3 Å². The summed E-state index contributed by atoms with van der Waals surface area (Å²) in [5.41, 5.74) is 1.18. The molecular formula is C19H24N2O3S2. The fourth-order valence-corrected chi connectivity index (χ4v) is 5.88. The summed E-state index contributed by atoms with van der Waals surface area (Å²) in [6, 6.07) is 13.4. The molecule has 3 rings (SSSR count). The molecule has 1 fully saturated rings. The van der Waals surface area contributed by atoms with Crippen LogP contribution >= 0.6 is 11.3 Å². The van der Waals surface area contributed by atoms with E-state index in [0.717, 1.165) is 6.42 Å². The number of nitrogens with zero attached hydrogens (tertiary/aromatic N) is 1. The maximum Gasteiger partial charge on any atom is 0.252 e. The van der Waals surface area contributed by atoms with Gasteiger partial charge < -0.3 is 5.32 Å². The zero-order chi connectivity index (χ0) is 18.6. The molecule has 1 amide bonds. The minimum absolute atomic E-state index is 0.0566. The van der Waals surface area contributed by atoms with Crippen LogP contribution in [-0.2, 0) is 14.8 Å². The van der Waals surface area contributed by atoms with Crippen molar-refractivity contribution in [2.24, 2.45) is 5.92 Å². The number of thiophene rings is 1. The van der Waals surface area contributed by atoms with Gasteiger partial charge in [-0.2, -0.15) is 4.31 Å². The number of carbonyl (C=O) groups is 1. The lowest BCUT2D eigenvalue weighted by molar-refractivity contribution is -0.126. The van der Waals surface area contributed by atoms with Crippen molar-refractivity contribution in [3.8, 4) is 0 Å². The van der Waals surface area contributed by atoms with Crippen molar-refractivity contribution in [2.75, 3.05) is 19.6 Å². The smallest absolute Gasteiger partial charge is 0.252 e. The number of amides is 1. The lowest BCUT2D eigenvalue weighted by atomic mass is 9.97. The summed E-state index contributed by atoms with van der Waals surface area (Å²) in [6.07, 6.45) is 1.43. The molecule has 5 nitrogen and oxygen atoms in total. The third-order valence-electron chi connectivity index (χ3n) is 4.80. The first-order valence-electron chi connectivity index (χ1n) is 8.85. The van der Waals surface area contributed by atoms with Crippen molar-refractivity contribution in [2.45, 2.75) is 29.9 Å². The van der Waals surface area contributed by atoms with Crippen LogP contribution in [0.1, 0.15) is 31.2 Å². The molecule has 2 atom stereocenters. The van der Waals surface area contributed by atoms with Gasteiger partial charge in [0.15, 0.2) is 0 Å². The maximum atomic E-state index is 12.7. The lowest BCUT2D eigenvalue weighted by Gasteiger charge is -2.31. The van der Waals surface area contributed by atoms with E-state index in [1.54, 1.807) is 17.5 Å². The van der Waals surface area contributed by atoms with Crippen LogP contribution in [0.15, 0.2) is 52.1 Å². The molecule has 0 aliphatic carbocycles. The summed E-state index contributed by atoms with van der Waals surface area (Å²) in [5.74, 6) is -0.130. The number of nitrogens with one attached hydrogen (secondary N) is 1. The highest BCUT2D eigenvalue weighted by Crippen LogP contribution is 2.26. The Morgan fingerprint density at radius 3 is 2.73 bits per heavy atom. The van der Waals surface area contributed by atoms with Gasteiger partial charge in [0.2, 0.25) is 5.91 Å². The van der Waals surface area contributed by atoms with Crippen molar-refractivity contribution in [3.63, 3.8) is 0 Å². The van der Waals surface area contributed by atoms with Gasteiger partial charge in [0.1, 0.15) is 4.21 Å². The van der Waals surface area contributed by atoms with Gasteiger partial charge in [-0.25, -0.2) is 8.42 Å². The predicted molar refractivity (Wildman–Crippen MR) is 104 cm³/mol. The van der Waals surface area contributed by atoms with E-state index in [0.29, 0.717) is 23.7 Å². The summed E-state index contributed by atoms with van der Waals surface area (Å²) >= 11 is 1.21. The number of sulfonamides is 1. The quantitative estimate of drug-likeness (QED) is 0.822. The van der Waals surface area contributed by atoms with Crippen LogP contribution in [-0.4, -0.2) is 38.3 Å². The number of hydrogen-bond donors (Lipinski definition) is 1. The minimum atomic E-state index is -3.49. The normalized spacial score (nSPS) is 19.8. The Hall–Kier alpha value is -1.70. The SMILES string of the molecule is CC(CNC(=O)C1CCCN(S(=O)(=O)c2cccs2)C1)c1ccccc1. The first kappa shape index (κ1) is 19.1. The number of piperidine rings is 1. The van der Waals surface area contributed by atoms with Crippen LogP contribution in [0.2, 0.25) is 0 Å². The molecule has 2 heterocycles. The van der Waals surface area contributed by atoms with Crippen molar-refractivity contribution in [1.29, 1.82) is 0 Å². The molecule has 26 heavy (non-hydrogen) atoms. The molecule has 1 aromatic carbocycles. The van der Waals surface area contributed by atoms with E-state index in [2.05, 4.69) is 12.2 Å². The maximum absolute atomic E-state index is 12.7. The highest BCUT2D eigenvalue weighted by molar-refractivity contribution is 7.91. The van der Waals surface area contributed by atoms with Crippen LogP contribution in [0.4, 0.5) is 0 Å². The fraction of sp³-hybridized carbons (Fsp3) is 0.421. The molecule has 1 aliphatic heterocycles.